The molecule has 0 atom stereocenters. The molecule has 8 heteroatoms. The van der Waals surface area contributed by atoms with Crippen LogP contribution in [0.15, 0.2) is 36.7 Å². The van der Waals surface area contributed by atoms with Crippen molar-refractivity contribution in [3.63, 3.8) is 0 Å². The van der Waals surface area contributed by atoms with Gasteiger partial charge in [0.2, 0.25) is 5.95 Å². The molecule has 0 radical (unpaired) electrons. The number of anilines is 1. The van der Waals surface area contributed by atoms with E-state index in [1.54, 1.807) is 19.5 Å². The number of benzene rings is 1. The second-order valence-electron chi connectivity index (χ2n) is 6.47. The lowest BCUT2D eigenvalue weighted by Gasteiger charge is -2.33. The van der Waals surface area contributed by atoms with Crippen LogP contribution >= 0.6 is 0 Å². The van der Waals surface area contributed by atoms with Gasteiger partial charge in [0.05, 0.1) is 19.2 Å². The van der Waals surface area contributed by atoms with Crippen LogP contribution in [0.3, 0.4) is 0 Å². The van der Waals surface area contributed by atoms with Crippen LogP contribution in [-0.4, -0.2) is 78.7 Å². The van der Waals surface area contributed by atoms with Crippen molar-refractivity contribution >= 4 is 11.9 Å². The molecule has 1 aromatic heterocycles. The number of methoxy groups -OCH3 is 1. The minimum atomic E-state index is -0.00913. The summed E-state index contributed by atoms with van der Waals surface area (Å²) in [5.41, 5.74) is 0.519. The van der Waals surface area contributed by atoms with Crippen LogP contribution < -0.4 is 14.8 Å². The third kappa shape index (κ3) is 5.32. The molecular formula is C20H27N5O3. The number of piperazine rings is 1. The van der Waals surface area contributed by atoms with Gasteiger partial charge in [0.25, 0.3) is 5.91 Å². The molecule has 1 N–H and O–H groups in total. The number of amides is 1. The van der Waals surface area contributed by atoms with Crippen molar-refractivity contribution in [2.24, 2.45) is 0 Å². The second-order valence-corrected chi connectivity index (χ2v) is 6.47. The van der Waals surface area contributed by atoms with E-state index < -0.39 is 0 Å². The minimum absolute atomic E-state index is 0.00913. The molecule has 1 aliphatic heterocycles. The van der Waals surface area contributed by atoms with Crippen LogP contribution in [0.25, 0.3) is 0 Å². The molecular weight excluding hydrogens is 358 g/mol. The topological polar surface area (TPSA) is 79.8 Å². The Balaban J connectivity index is 1.42. The van der Waals surface area contributed by atoms with Gasteiger partial charge in [-0.1, -0.05) is 6.92 Å². The molecule has 28 heavy (non-hydrogen) atoms. The van der Waals surface area contributed by atoms with Gasteiger partial charge in [0.15, 0.2) is 0 Å². The molecule has 2 aromatic rings. The summed E-state index contributed by atoms with van der Waals surface area (Å²) < 4.78 is 10.8. The molecule has 1 aliphatic rings. The Bertz CT molecular complexity index is 743. The van der Waals surface area contributed by atoms with Crippen LogP contribution in [0.4, 0.5) is 5.95 Å². The number of carbonyl (C=O) groups is 1. The number of nitrogens with one attached hydrogen (secondary N) is 1. The number of rotatable bonds is 8. The van der Waals surface area contributed by atoms with E-state index in [4.69, 9.17) is 9.47 Å². The molecule has 0 spiro atoms. The maximum Gasteiger partial charge on any atom is 0.257 e. The first kappa shape index (κ1) is 19.9. The summed E-state index contributed by atoms with van der Waals surface area (Å²) in [5.74, 6) is 2.03. The molecule has 0 saturated carbocycles. The normalized spacial score (nSPS) is 14.6. The highest BCUT2D eigenvalue weighted by molar-refractivity contribution is 5.93. The molecule has 2 heterocycles. The predicted molar refractivity (Wildman–Crippen MR) is 107 cm³/mol. The van der Waals surface area contributed by atoms with Crippen LogP contribution in [0.1, 0.15) is 17.3 Å². The lowest BCUT2D eigenvalue weighted by atomic mass is 10.2. The standard InChI is InChI=1S/C20H27N5O3/c1-3-24-9-11-25(12-10-24)19(26)16-14-22-20(23-15-16)21-8-13-28-18-6-4-17(27-2)5-7-18/h4-7,14-15H,3,8-13H2,1-2H3,(H,21,22,23). The first-order valence-electron chi connectivity index (χ1n) is 9.54. The molecule has 0 aliphatic carbocycles. The zero-order valence-electron chi connectivity index (χ0n) is 16.4. The minimum Gasteiger partial charge on any atom is -0.497 e. The molecule has 1 fully saturated rings. The summed E-state index contributed by atoms with van der Waals surface area (Å²) in [6.07, 6.45) is 3.16. The molecule has 3 rings (SSSR count). The Kier molecular flexibility index (Phi) is 7.02. The van der Waals surface area contributed by atoms with E-state index in [1.165, 1.54) is 0 Å². The van der Waals surface area contributed by atoms with Gasteiger partial charge >= 0.3 is 0 Å². The van der Waals surface area contributed by atoms with Crippen molar-refractivity contribution < 1.29 is 14.3 Å². The van der Waals surface area contributed by atoms with Gasteiger partial charge in [0.1, 0.15) is 18.1 Å². The molecule has 8 nitrogen and oxygen atoms in total. The monoisotopic (exact) mass is 385 g/mol. The largest absolute Gasteiger partial charge is 0.497 e. The maximum absolute atomic E-state index is 12.5. The molecule has 0 bridgehead atoms. The average molecular weight is 385 g/mol. The average Bonchev–Trinajstić information content (AvgIpc) is 2.77. The van der Waals surface area contributed by atoms with Crippen LogP contribution in [0, 0.1) is 0 Å². The lowest BCUT2D eigenvalue weighted by molar-refractivity contribution is 0.0642. The number of ether oxygens (including phenoxy) is 2. The third-order valence-electron chi connectivity index (χ3n) is 4.72. The van der Waals surface area contributed by atoms with E-state index in [0.717, 1.165) is 44.2 Å². The number of carbonyl (C=O) groups excluding carboxylic acids is 1. The number of hydrogen-bond acceptors (Lipinski definition) is 7. The smallest absolute Gasteiger partial charge is 0.257 e. The molecule has 0 unspecified atom stereocenters. The Morgan fingerprint density at radius 3 is 2.32 bits per heavy atom. The van der Waals surface area contributed by atoms with E-state index >= 15 is 0 Å². The van der Waals surface area contributed by atoms with Gasteiger partial charge in [-0.2, -0.15) is 0 Å². The van der Waals surface area contributed by atoms with Crippen molar-refractivity contribution in [1.29, 1.82) is 0 Å². The van der Waals surface area contributed by atoms with Crippen molar-refractivity contribution in [3.8, 4) is 11.5 Å². The van der Waals surface area contributed by atoms with Crippen molar-refractivity contribution in [2.75, 3.05) is 58.3 Å². The zero-order valence-corrected chi connectivity index (χ0v) is 16.4. The summed E-state index contributed by atoms with van der Waals surface area (Å²) >= 11 is 0. The SMILES string of the molecule is CCN1CCN(C(=O)c2cnc(NCCOc3ccc(OC)cc3)nc2)CC1. The van der Waals surface area contributed by atoms with E-state index in [9.17, 15) is 4.79 Å². The lowest BCUT2D eigenvalue weighted by Crippen LogP contribution is -2.48. The summed E-state index contributed by atoms with van der Waals surface area (Å²) in [4.78, 5) is 25.2. The van der Waals surface area contributed by atoms with E-state index in [-0.39, 0.29) is 5.91 Å². The van der Waals surface area contributed by atoms with Crippen LogP contribution in [0.5, 0.6) is 11.5 Å². The Labute approximate surface area is 165 Å². The highest BCUT2D eigenvalue weighted by atomic mass is 16.5. The molecule has 1 amide bonds. The quantitative estimate of drug-likeness (QED) is 0.694. The first-order valence-corrected chi connectivity index (χ1v) is 9.54. The van der Waals surface area contributed by atoms with Gasteiger partial charge in [-0.25, -0.2) is 9.97 Å². The van der Waals surface area contributed by atoms with Gasteiger partial charge in [-0.15, -0.1) is 0 Å². The molecule has 150 valence electrons. The second kappa shape index (κ2) is 9.89. The summed E-state index contributed by atoms with van der Waals surface area (Å²) in [6.45, 7) is 7.50. The fourth-order valence-electron chi connectivity index (χ4n) is 2.98. The summed E-state index contributed by atoms with van der Waals surface area (Å²) in [5, 5.41) is 3.09. The van der Waals surface area contributed by atoms with Crippen LogP contribution in [0.2, 0.25) is 0 Å². The van der Waals surface area contributed by atoms with Gasteiger partial charge in [0, 0.05) is 38.6 Å². The Morgan fingerprint density at radius 1 is 1.07 bits per heavy atom. The van der Waals surface area contributed by atoms with Crippen molar-refractivity contribution in [1.82, 2.24) is 19.8 Å². The maximum atomic E-state index is 12.5. The highest BCUT2D eigenvalue weighted by Gasteiger charge is 2.21. The number of nitrogens with zero attached hydrogens (tertiary/aromatic N) is 4. The first-order chi connectivity index (χ1) is 13.7. The Hall–Kier alpha value is -2.87. The fraction of sp³-hybridized carbons (Fsp3) is 0.450. The third-order valence-corrected chi connectivity index (χ3v) is 4.72. The number of aromatic nitrogens is 2. The van der Waals surface area contributed by atoms with E-state index in [2.05, 4.69) is 27.1 Å². The van der Waals surface area contributed by atoms with Gasteiger partial charge < -0.3 is 24.6 Å². The number of hydrogen-bond donors (Lipinski definition) is 1. The van der Waals surface area contributed by atoms with E-state index in [1.807, 2.05) is 29.2 Å². The Morgan fingerprint density at radius 2 is 1.71 bits per heavy atom. The zero-order chi connectivity index (χ0) is 19.8. The predicted octanol–water partition coefficient (Wildman–Crippen LogP) is 1.75. The van der Waals surface area contributed by atoms with Crippen LogP contribution in [-0.2, 0) is 0 Å². The van der Waals surface area contributed by atoms with Gasteiger partial charge in [-0.3, -0.25) is 4.79 Å². The highest BCUT2D eigenvalue weighted by Crippen LogP contribution is 2.16. The van der Waals surface area contributed by atoms with E-state index in [0.29, 0.717) is 24.7 Å². The van der Waals surface area contributed by atoms with Crippen molar-refractivity contribution in [3.05, 3.63) is 42.2 Å². The number of likely N-dealkylation sites (N-methyl/N-ethyl adjacent to an activating group) is 1. The fourth-order valence-corrected chi connectivity index (χ4v) is 2.98. The molecule has 1 aromatic carbocycles. The van der Waals surface area contributed by atoms with Crippen molar-refractivity contribution in [2.45, 2.75) is 6.92 Å². The molecule has 1 saturated heterocycles. The summed E-state index contributed by atoms with van der Waals surface area (Å²) in [6, 6.07) is 7.42. The summed E-state index contributed by atoms with van der Waals surface area (Å²) in [7, 11) is 1.63. The van der Waals surface area contributed by atoms with Gasteiger partial charge in [-0.05, 0) is 30.8 Å².